The lowest BCUT2D eigenvalue weighted by molar-refractivity contribution is 0.398. The van der Waals surface area contributed by atoms with E-state index in [1.54, 1.807) is 14.2 Å². The van der Waals surface area contributed by atoms with Gasteiger partial charge in [0.2, 0.25) is 0 Å². The molecule has 0 amide bonds. The predicted molar refractivity (Wildman–Crippen MR) is 76.4 cm³/mol. The molecule has 0 radical (unpaired) electrons. The minimum absolute atomic E-state index is 0.674. The van der Waals surface area contributed by atoms with Crippen LogP contribution in [0.15, 0.2) is 24.3 Å². The molecule has 2 aromatic carbocycles. The van der Waals surface area contributed by atoms with Crippen LogP contribution in [0.5, 0.6) is 11.5 Å². The van der Waals surface area contributed by atoms with Gasteiger partial charge in [-0.15, -0.1) is 0 Å². The number of hydrogen-bond acceptors (Lipinski definition) is 2. The Morgan fingerprint density at radius 1 is 0.842 bits per heavy atom. The van der Waals surface area contributed by atoms with Gasteiger partial charge < -0.3 is 9.47 Å². The number of hydrogen-bond donors (Lipinski definition) is 0. The fraction of sp³-hybridized carbons (Fsp3) is 0.412. The summed E-state index contributed by atoms with van der Waals surface area (Å²) < 4.78 is 11.5. The number of methoxy groups -OCH3 is 2. The first kappa shape index (κ1) is 11.2. The molecule has 0 N–H and O–H groups in total. The number of ether oxygens (including phenoxy) is 2. The Morgan fingerprint density at radius 2 is 1.32 bits per heavy atom. The first-order valence-corrected chi connectivity index (χ1v) is 7.01. The van der Waals surface area contributed by atoms with Crippen LogP contribution in [0.25, 0.3) is 10.8 Å². The highest BCUT2D eigenvalue weighted by Gasteiger charge is 2.42. The van der Waals surface area contributed by atoms with E-state index in [2.05, 4.69) is 24.3 Å². The van der Waals surface area contributed by atoms with Crippen molar-refractivity contribution in [1.29, 1.82) is 0 Å². The largest absolute Gasteiger partial charge is 0.496 e. The third-order valence-electron chi connectivity index (χ3n) is 4.85. The van der Waals surface area contributed by atoms with Gasteiger partial charge in [0, 0.05) is 21.9 Å². The third-order valence-corrected chi connectivity index (χ3v) is 4.85. The van der Waals surface area contributed by atoms with Crippen molar-refractivity contribution in [2.24, 2.45) is 0 Å². The molecule has 2 nitrogen and oxygen atoms in total. The Kier molecular flexibility index (Phi) is 2.29. The van der Waals surface area contributed by atoms with Crippen molar-refractivity contribution < 1.29 is 9.47 Å². The Hall–Kier alpha value is -1.70. The molecule has 19 heavy (non-hydrogen) atoms. The van der Waals surface area contributed by atoms with Crippen molar-refractivity contribution in [3.8, 4) is 11.5 Å². The summed E-state index contributed by atoms with van der Waals surface area (Å²) in [6.07, 6.45) is 3.88. The summed E-state index contributed by atoms with van der Waals surface area (Å²) in [4.78, 5) is 0. The van der Waals surface area contributed by atoms with Crippen molar-refractivity contribution in [3.63, 3.8) is 0 Å². The zero-order valence-corrected chi connectivity index (χ0v) is 11.4. The minimum atomic E-state index is 0.674. The van der Waals surface area contributed by atoms with Crippen molar-refractivity contribution in [1.82, 2.24) is 0 Å². The highest BCUT2D eigenvalue weighted by Crippen LogP contribution is 2.60. The van der Waals surface area contributed by atoms with Gasteiger partial charge in [-0.25, -0.2) is 0 Å². The summed E-state index contributed by atoms with van der Waals surface area (Å²) in [5.41, 5.74) is 2.85. The lowest BCUT2D eigenvalue weighted by Gasteiger charge is -2.23. The van der Waals surface area contributed by atoms with Crippen LogP contribution in [0.3, 0.4) is 0 Å². The average Bonchev–Trinajstić information content (AvgIpc) is 3.06. The first-order valence-electron chi connectivity index (χ1n) is 7.01. The second-order valence-electron chi connectivity index (χ2n) is 5.65. The second-order valence-corrected chi connectivity index (χ2v) is 5.65. The number of benzene rings is 2. The van der Waals surface area contributed by atoms with Crippen LogP contribution in [-0.2, 0) is 0 Å². The van der Waals surface area contributed by atoms with E-state index in [1.165, 1.54) is 41.2 Å². The van der Waals surface area contributed by atoms with Crippen molar-refractivity contribution >= 4 is 10.8 Å². The summed E-state index contributed by atoms with van der Waals surface area (Å²) in [5.74, 6) is 3.51. The summed E-state index contributed by atoms with van der Waals surface area (Å²) in [6.45, 7) is 0. The molecule has 2 unspecified atom stereocenters. The van der Waals surface area contributed by atoms with E-state index >= 15 is 0 Å². The van der Waals surface area contributed by atoms with E-state index in [0.717, 1.165) is 11.5 Å². The Bertz CT molecular complexity index is 603. The molecule has 4 rings (SSSR count). The predicted octanol–water partition coefficient (Wildman–Crippen LogP) is 4.22. The quantitative estimate of drug-likeness (QED) is 0.798. The van der Waals surface area contributed by atoms with E-state index in [-0.39, 0.29) is 0 Å². The zero-order chi connectivity index (χ0) is 13.0. The fourth-order valence-electron chi connectivity index (χ4n) is 4.17. The summed E-state index contributed by atoms with van der Waals surface area (Å²) in [7, 11) is 3.58. The van der Waals surface area contributed by atoms with E-state index < -0.39 is 0 Å². The molecule has 1 fully saturated rings. The van der Waals surface area contributed by atoms with Crippen LogP contribution in [0, 0.1) is 0 Å². The lowest BCUT2D eigenvalue weighted by atomic mass is 9.87. The van der Waals surface area contributed by atoms with Crippen molar-refractivity contribution in [3.05, 3.63) is 35.4 Å². The van der Waals surface area contributed by atoms with Crippen molar-refractivity contribution in [2.45, 2.75) is 31.1 Å². The molecule has 2 heteroatoms. The van der Waals surface area contributed by atoms with Gasteiger partial charge in [0.1, 0.15) is 11.5 Å². The van der Waals surface area contributed by atoms with E-state index in [0.29, 0.717) is 11.8 Å². The molecule has 0 aliphatic heterocycles. The maximum absolute atomic E-state index is 5.77. The molecule has 0 saturated heterocycles. The molecule has 2 aliphatic rings. The van der Waals surface area contributed by atoms with Crippen LogP contribution in [0.1, 0.15) is 42.2 Å². The zero-order valence-electron chi connectivity index (χ0n) is 11.4. The lowest BCUT2D eigenvalue weighted by Crippen LogP contribution is -2.05. The van der Waals surface area contributed by atoms with Gasteiger partial charge in [0.15, 0.2) is 0 Å². The van der Waals surface area contributed by atoms with Crippen LogP contribution in [-0.4, -0.2) is 14.2 Å². The SMILES string of the molecule is COc1c2c(c(OC)c3ccccc13)C1CCC2C1. The number of fused-ring (bicyclic) bond motifs is 6. The maximum atomic E-state index is 5.77. The van der Waals surface area contributed by atoms with Crippen LogP contribution >= 0.6 is 0 Å². The average molecular weight is 254 g/mol. The standard InChI is InChI=1S/C17H18O2/c1-18-16-12-5-3-4-6-13(12)17(19-2)15-11-8-7-10(9-11)14(15)16/h3-6,10-11H,7-9H2,1-2H3. The second kappa shape index (κ2) is 3.89. The highest BCUT2D eigenvalue weighted by molar-refractivity contribution is 5.97. The van der Waals surface area contributed by atoms with E-state index in [4.69, 9.17) is 9.47 Å². The first-order chi connectivity index (χ1) is 9.35. The van der Waals surface area contributed by atoms with Gasteiger partial charge in [-0.1, -0.05) is 24.3 Å². The fourth-order valence-corrected chi connectivity index (χ4v) is 4.17. The van der Waals surface area contributed by atoms with Gasteiger partial charge in [0.25, 0.3) is 0 Å². The van der Waals surface area contributed by atoms with Gasteiger partial charge >= 0.3 is 0 Å². The molecular formula is C17H18O2. The monoisotopic (exact) mass is 254 g/mol. The molecule has 0 heterocycles. The van der Waals surface area contributed by atoms with Gasteiger partial charge in [-0.3, -0.25) is 0 Å². The molecule has 2 aliphatic carbocycles. The smallest absolute Gasteiger partial charge is 0.130 e. The topological polar surface area (TPSA) is 18.5 Å². The molecule has 1 saturated carbocycles. The summed E-state index contributed by atoms with van der Waals surface area (Å²) in [5, 5.41) is 2.38. The summed E-state index contributed by atoms with van der Waals surface area (Å²) in [6, 6.07) is 8.43. The Labute approximate surface area is 113 Å². The molecule has 2 atom stereocenters. The summed E-state index contributed by atoms with van der Waals surface area (Å²) >= 11 is 0. The molecule has 2 bridgehead atoms. The van der Waals surface area contributed by atoms with Crippen LogP contribution < -0.4 is 9.47 Å². The molecule has 2 aromatic rings. The Morgan fingerprint density at radius 3 is 1.74 bits per heavy atom. The van der Waals surface area contributed by atoms with Crippen molar-refractivity contribution in [2.75, 3.05) is 14.2 Å². The maximum Gasteiger partial charge on any atom is 0.130 e. The van der Waals surface area contributed by atoms with Gasteiger partial charge in [-0.2, -0.15) is 0 Å². The molecule has 0 spiro atoms. The highest BCUT2D eigenvalue weighted by atomic mass is 16.5. The van der Waals surface area contributed by atoms with E-state index in [9.17, 15) is 0 Å². The molecular weight excluding hydrogens is 236 g/mol. The normalized spacial score (nSPS) is 23.7. The molecule has 0 aromatic heterocycles. The number of rotatable bonds is 2. The van der Waals surface area contributed by atoms with Crippen LogP contribution in [0.2, 0.25) is 0 Å². The molecule has 98 valence electrons. The third kappa shape index (κ3) is 1.32. The van der Waals surface area contributed by atoms with Gasteiger partial charge in [0.05, 0.1) is 14.2 Å². The van der Waals surface area contributed by atoms with E-state index in [1.807, 2.05) is 0 Å². The van der Waals surface area contributed by atoms with Crippen LogP contribution in [0.4, 0.5) is 0 Å². The Balaban J connectivity index is 2.16. The minimum Gasteiger partial charge on any atom is -0.496 e. The van der Waals surface area contributed by atoms with Gasteiger partial charge in [-0.05, 0) is 31.1 Å².